The molecule has 0 aromatic rings. The number of ketones is 1. The number of carbonyl (C=O) groups excluding carboxylic acids is 2. The van der Waals surface area contributed by atoms with Gasteiger partial charge in [-0.15, -0.1) is 4.91 Å². The molecule has 0 unspecified atom stereocenters. The van der Waals surface area contributed by atoms with Crippen molar-refractivity contribution in [3.05, 3.63) is 4.91 Å². The molecule has 0 amide bonds. The maximum absolute atomic E-state index is 10.4. The van der Waals surface area contributed by atoms with E-state index in [0.29, 0.717) is 6.61 Å². The van der Waals surface area contributed by atoms with Crippen LogP contribution in [0.2, 0.25) is 0 Å². The number of carbonyl (C=O) groups is 2. The molecule has 0 spiro atoms. The molecule has 0 rings (SSSR count). The highest BCUT2D eigenvalue weighted by atomic mass is 16.6. The molecule has 12 heavy (non-hydrogen) atoms. The lowest BCUT2D eigenvalue weighted by molar-refractivity contribution is -0.145. The lowest BCUT2D eigenvalue weighted by atomic mass is 10.3. The number of esters is 1. The molecule has 6 heteroatoms. The molecular formula is C6H11NO5. The summed E-state index contributed by atoms with van der Waals surface area (Å²) in [6.45, 7) is 3.40. The molecule has 70 valence electrons. The van der Waals surface area contributed by atoms with Crippen LogP contribution in [0.25, 0.3) is 0 Å². The highest BCUT2D eigenvalue weighted by Gasteiger charge is 2.03. The molecule has 0 aromatic carbocycles. The average Bonchev–Trinajstić information content (AvgIpc) is 1.87. The standard InChI is InChI=1S/C6H10O3.HNO2/c1-3-9-6(8)4-5(2)7;2-1-3/h3-4H2,1-2H3;(H,2,3). The minimum absolute atomic E-state index is 0.103. The van der Waals surface area contributed by atoms with Gasteiger partial charge in [0.25, 0.3) is 0 Å². The van der Waals surface area contributed by atoms with Crippen LogP contribution in [0.15, 0.2) is 5.34 Å². The van der Waals surface area contributed by atoms with Gasteiger partial charge in [0.15, 0.2) is 5.34 Å². The van der Waals surface area contributed by atoms with Crippen LogP contribution in [0.4, 0.5) is 0 Å². The van der Waals surface area contributed by atoms with Crippen LogP contribution in [0, 0.1) is 4.91 Å². The summed E-state index contributed by atoms with van der Waals surface area (Å²) in [6.07, 6.45) is -0.103. The van der Waals surface area contributed by atoms with Crippen molar-refractivity contribution in [3.63, 3.8) is 0 Å². The van der Waals surface area contributed by atoms with Crippen molar-refractivity contribution in [2.45, 2.75) is 20.3 Å². The fourth-order valence-corrected chi connectivity index (χ4v) is 0.415. The Balaban J connectivity index is 0. The fourth-order valence-electron chi connectivity index (χ4n) is 0.415. The van der Waals surface area contributed by atoms with Gasteiger partial charge in [-0.2, -0.15) is 0 Å². The summed E-state index contributed by atoms with van der Waals surface area (Å²) in [7, 11) is 0. The quantitative estimate of drug-likeness (QED) is 0.296. The van der Waals surface area contributed by atoms with Crippen LogP contribution in [-0.2, 0) is 14.3 Å². The third-order valence-corrected chi connectivity index (χ3v) is 0.699. The summed E-state index contributed by atoms with van der Waals surface area (Å²) in [5, 5.41) is 7.89. The van der Waals surface area contributed by atoms with Crippen molar-refractivity contribution in [1.29, 1.82) is 0 Å². The van der Waals surface area contributed by atoms with E-state index in [9.17, 15) is 9.59 Å². The first kappa shape index (κ1) is 13.2. The first-order chi connectivity index (χ1) is 5.58. The molecule has 0 aliphatic rings. The van der Waals surface area contributed by atoms with E-state index in [0.717, 1.165) is 0 Å². The van der Waals surface area contributed by atoms with Crippen molar-refractivity contribution in [2.75, 3.05) is 6.61 Å². The summed E-state index contributed by atoms with van der Waals surface area (Å²) in [5.74, 6) is -0.599. The largest absolute Gasteiger partial charge is 0.466 e. The zero-order valence-electron chi connectivity index (χ0n) is 6.94. The molecule has 0 radical (unpaired) electrons. The van der Waals surface area contributed by atoms with Gasteiger partial charge in [0.05, 0.1) is 6.61 Å². The van der Waals surface area contributed by atoms with Crippen LogP contribution in [0.1, 0.15) is 20.3 Å². The van der Waals surface area contributed by atoms with Crippen molar-refractivity contribution in [2.24, 2.45) is 5.34 Å². The first-order valence-corrected chi connectivity index (χ1v) is 3.20. The molecule has 0 heterocycles. The Hall–Kier alpha value is -1.46. The Bertz CT molecular complexity index is 156. The summed E-state index contributed by atoms with van der Waals surface area (Å²) in [4.78, 5) is 28.7. The Labute approximate surface area is 69.4 Å². The molecule has 1 N–H and O–H groups in total. The lowest BCUT2D eigenvalue weighted by Gasteiger charge is -1.96. The van der Waals surface area contributed by atoms with Gasteiger partial charge in [-0.05, 0) is 13.8 Å². The Morgan fingerprint density at radius 2 is 1.92 bits per heavy atom. The summed E-state index contributed by atoms with van der Waals surface area (Å²) >= 11 is 0. The number of ether oxygens (including phenoxy) is 1. The molecular weight excluding hydrogens is 166 g/mol. The monoisotopic (exact) mass is 177 g/mol. The molecule has 0 bridgehead atoms. The van der Waals surface area contributed by atoms with Gasteiger partial charge in [-0.1, -0.05) is 0 Å². The van der Waals surface area contributed by atoms with Gasteiger partial charge in [-0.25, -0.2) is 0 Å². The molecule has 6 nitrogen and oxygen atoms in total. The average molecular weight is 177 g/mol. The lowest BCUT2D eigenvalue weighted by Crippen LogP contribution is -2.07. The third kappa shape index (κ3) is 15.8. The van der Waals surface area contributed by atoms with Gasteiger partial charge in [0.1, 0.15) is 12.2 Å². The maximum atomic E-state index is 10.4. The number of nitrogens with zero attached hydrogens (tertiary/aromatic N) is 1. The fraction of sp³-hybridized carbons (Fsp3) is 0.667. The summed E-state index contributed by atoms with van der Waals surface area (Å²) in [5.41, 5.74) is 0. The van der Waals surface area contributed by atoms with E-state index in [1.165, 1.54) is 12.3 Å². The van der Waals surface area contributed by atoms with Gasteiger partial charge < -0.3 is 9.94 Å². The second-order valence-electron chi connectivity index (χ2n) is 1.77. The van der Waals surface area contributed by atoms with E-state index in [1.807, 2.05) is 0 Å². The van der Waals surface area contributed by atoms with Gasteiger partial charge in [0, 0.05) is 0 Å². The first-order valence-electron chi connectivity index (χ1n) is 3.20. The second-order valence-corrected chi connectivity index (χ2v) is 1.77. The Morgan fingerprint density at radius 1 is 1.50 bits per heavy atom. The SMILES string of the molecule is CCOC(=O)CC(C)=O.O=NO. The highest BCUT2D eigenvalue weighted by Crippen LogP contribution is 1.86. The molecule has 0 fully saturated rings. The number of Topliss-reactive ketones (excluding diaryl/α,β-unsaturated/α-hetero) is 1. The van der Waals surface area contributed by atoms with E-state index >= 15 is 0 Å². The van der Waals surface area contributed by atoms with Crippen LogP contribution >= 0.6 is 0 Å². The maximum Gasteiger partial charge on any atom is 0.313 e. The molecule has 0 saturated carbocycles. The number of hydrogen-bond acceptors (Lipinski definition) is 5. The minimum Gasteiger partial charge on any atom is -0.466 e. The zero-order chi connectivity index (χ0) is 9.98. The van der Waals surface area contributed by atoms with Crippen molar-refractivity contribution < 1.29 is 19.5 Å². The van der Waals surface area contributed by atoms with Crippen molar-refractivity contribution >= 4 is 11.8 Å². The second kappa shape index (κ2) is 9.54. The predicted octanol–water partition coefficient (Wildman–Crippen LogP) is 0.671. The summed E-state index contributed by atoms with van der Waals surface area (Å²) < 4.78 is 4.49. The van der Waals surface area contributed by atoms with Crippen molar-refractivity contribution in [1.82, 2.24) is 0 Å². The van der Waals surface area contributed by atoms with E-state index < -0.39 is 5.97 Å². The molecule has 0 saturated heterocycles. The van der Waals surface area contributed by atoms with Crippen LogP contribution in [0.5, 0.6) is 0 Å². The smallest absolute Gasteiger partial charge is 0.313 e. The van der Waals surface area contributed by atoms with Crippen LogP contribution in [-0.4, -0.2) is 23.6 Å². The van der Waals surface area contributed by atoms with E-state index in [4.69, 9.17) is 10.1 Å². The molecule has 0 aliphatic heterocycles. The topological polar surface area (TPSA) is 93.0 Å². The minimum atomic E-state index is -0.440. The number of rotatable bonds is 3. The van der Waals surface area contributed by atoms with Crippen LogP contribution in [0.3, 0.4) is 0 Å². The zero-order valence-corrected chi connectivity index (χ0v) is 6.94. The van der Waals surface area contributed by atoms with Gasteiger partial charge >= 0.3 is 5.97 Å². The molecule has 0 atom stereocenters. The van der Waals surface area contributed by atoms with Gasteiger partial charge in [0.2, 0.25) is 0 Å². The van der Waals surface area contributed by atoms with Gasteiger partial charge in [-0.3, -0.25) is 9.59 Å². The third-order valence-electron chi connectivity index (χ3n) is 0.699. The number of hydrogen-bond donors (Lipinski definition) is 1. The van der Waals surface area contributed by atoms with Crippen LogP contribution < -0.4 is 0 Å². The van der Waals surface area contributed by atoms with Crippen molar-refractivity contribution in [3.8, 4) is 0 Å². The van der Waals surface area contributed by atoms with E-state index in [1.54, 1.807) is 6.92 Å². The molecule has 0 aliphatic carbocycles. The Kier molecular flexibility index (Phi) is 10.5. The molecule has 0 aromatic heterocycles. The highest BCUT2D eigenvalue weighted by molar-refractivity contribution is 5.94. The Morgan fingerprint density at radius 3 is 2.17 bits per heavy atom. The normalized spacial score (nSPS) is 7.50. The predicted molar refractivity (Wildman–Crippen MR) is 39.5 cm³/mol. The summed E-state index contributed by atoms with van der Waals surface area (Å²) in [6, 6.07) is 0. The van der Waals surface area contributed by atoms with E-state index in [2.05, 4.69) is 4.74 Å². The van der Waals surface area contributed by atoms with E-state index in [-0.39, 0.29) is 12.2 Å².